The number of fused-ring (bicyclic) bond motifs is 4. The average molecular weight is 914 g/mol. The molecule has 1 heterocycles. The minimum atomic E-state index is -0.101. The second-order valence-corrected chi connectivity index (χ2v) is 19.1. The van der Waals surface area contributed by atoms with E-state index in [1.165, 1.54) is 77.2 Å². The zero-order chi connectivity index (χ0) is 49.7. The molecule has 1 aromatic heterocycles. The van der Waals surface area contributed by atoms with Crippen LogP contribution in [0.3, 0.4) is 0 Å². The van der Waals surface area contributed by atoms with Crippen molar-refractivity contribution in [2.45, 2.75) is 160 Å². The number of hydrogen-bond acceptors (Lipinski definition) is 1. The Morgan fingerprint density at radius 1 is 0.836 bits per heavy atom. The smallest absolute Gasteiger partial charge is 0.0491 e. The van der Waals surface area contributed by atoms with Gasteiger partial charge in [-0.05, 0) is 138 Å². The Balaban J connectivity index is 0.00000289. The largest absolute Gasteiger partial charge is 0.337 e. The van der Waals surface area contributed by atoms with Gasteiger partial charge in [-0.2, -0.15) is 0 Å². The molecular weight excluding hydrogens is 827 g/mol. The number of aromatic nitrogens is 1. The zero-order valence-corrected chi connectivity index (χ0v) is 45.5. The molecule has 2 heteroatoms. The van der Waals surface area contributed by atoms with Crippen molar-refractivity contribution in [3.63, 3.8) is 0 Å². The van der Waals surface area contributed by atoms with E-state index >= 15 is 0 Å². The fourth-order valence-corrected chi connectivity index (χ4v) is 10.2. The molecule has 0 bridgehead atoms. The molecule has 2 atom stereocenters. The zero-order valence-electron chi connectivity index (χ0n) is 44.7. The Morgan fingerprint density at radius 2 is 1.52 bits per heavy atom. The van der Waals surface area contributed by atoms with E-state index in [4.69, 9.17) is 0 Å². The molecule has 5 rings (SSSR count). The maximum absolute atomic E-state index is 4.29. The molecule has 0 N–H and O–H groups in total. The van der Waals surface area contributed by atoms with E-state index in [1.807, 2.05) is 45.5 Å². The lowest BCUT2D eigenvalue weighted by atomic mass is 9.85. The minimum absolute atomic E-state index is 0.101. The van der Waals surface area contributed by atoms with E-state index in [2.05, 4.69) is 234 Å². The summed E-state index contributed by atoms with van der Waals surface area (Å²) in [6.45, 7) is 40.1. The van der Waals surface area contributed by atoms with Crippen LogP contribution in [0, 0.1) is 5.92 Å². The third-order valence-corrected chi connectivity index (χ3v) is 13.7. The van der Waals surface area contributed by atoms with Gasteiger partial charge in [-0.3, -0.25) is 0 Å². The SMILES string of the molecule is C=C/C(=C\C=C/Cn1c2c(c3cc(/C(=C/C=C\CC)CC)ccc31)C(C)C=C(C(/C=C\C)=C/C(C)C)C=C2)c1ccc2c(c1)C(C)(C)C=C2/C(SC(/C=C\CC)CC)=C(C)\C=C/C.CC.CC. The topological polar surface area (TPSA) is 4.93 Å². The van der Waals surface area contributed by atoms with Crippen LogP contribution in [0.25, 0.3) is 33.7 Å². The molecular formula is C65H87NS. The summed E-state index contributed by atoms with van der Waals surface area (Å²) in [4.78, 5) is 1.38. The summed E-state index contributed by atoms with van der Waals surface area (Å²) in [6, 6.07) is 14.2. The van der Waals surface area contributed by atoms with Gasteiger partial charge in [-0.1, -0.05) is 218 Å². The van der Waals surface area contributed by atoms with Gasteiger partial charge in [0.05, 0.1) is 0 Å². The van der Waals surface area contributed by atoms with Crippen LogP contribution in [0.15, 0.2) is 168 Å². The van der Waals surface area contributed by atoms with E-state index in [0.29, 0.717) is 11.2 Å². The molecule has 0 spiro atoms. The first-order chi connectivity index (χ1) is 32.3. The summed E-state index contributed by atoms with van der Waals surface area (Å²) in [5, 5.41) is 1.77. The standard InChI is InChI=1S/C61H75NS.2C2H6/c1-14-21-23-28-46(18-5)50-32-35-57-54(40-50)59-45(11)39-49(48(27-17-4)38-43(8)9)33-36-58(59)62(57)37-25-24-29-47(19-6)51-31-34-53-55(42-61(12,13)56(53)41-51)60(44(10)26-16-3)63-52(20-7)30-22-15-2;2*1-2/h16-17,19,21-36,38-43,45,52H,6,14-15,18,20,37H2,1-5,7-13H3;2*1-2H3/b23-21-,25-24-,26-16-,27-17-,30-22-,46-28+,47-29+,48-38+,60-44+;;. The molecule has 2 unspecified atom stereocenters. The van der Waals surface area contributed by atoms with Gasteiger partial charge in [0.15, 0.2) is 0 Å². The van der Waals surface area contributed by atoms with Gasteiger partial charge in [-0.25, -0.2) is 0 Å². The summed E-state index contributed by atoms with van der Waals surface area (Å²) in [6.07, 6.45) is 45.2. The highest BCUT2D eigenvalue weighted by Crippen LogP contribution is 2.49. The van der Waals surface area contributed by atoms with Gasteiger partial charge in [0, 0.05) is 44.6 Å². The first kappa shape index (κ1) is 56.3. The lowest BCUT2D eigenvalue weighted by Crippen LogP contribution is -2.10. The van der Waals surface area contributed by atoms with Crippen molar-refractivity contribution in [3.05, 3.63) is 201 Å². The van der Waals surface area contributed by atoms with Crippen LogP contribution in [-0.4, -0.2) is 9.82 Å². The molecule has 2 aromatic carbocycles. The Morgan fingerprint density at radius 3 is 2.15 bits per heavy atom. The third-order valence-electron chi connectivity index (χ3n) is 12.1. The number of benzene rings is 2. The first-order valence-electron chi connectivity index (χ1n) is 25.7. The molecule has 67 heavy (non-hydrogen) atoms. The fraction of sp³-hybridized carbons (Fsp3) is 0.385. The molecule has 0 saturated heterocycles. The summed E-state index contributed by atoms with van der Waals surface area (Å²) in [5.74, 6) is 0.691. The maximum Gasteiger partial charge on any atom is 0.0491 e. The van der Waals surface area contributed by atoms with E-state index in [-0.39, 0.29) is 11.3 Å². The molecule has 0 amide bonds. The second-order valence-electron chi connectivity index (χ2n) is 17.8. The van der Waals surface area contributed by atoms with Crippen molar-refractivity contribution in [1.29, 1.82) is 0 Å². The van der Waals surface area contributed by atoms with E-state index < -0.39 is 0 Å². The van der Waals surface area contributed by atoms with Crippen LogP contribution >= 0.6 is 11.8 Å². The van der Waals surface area contributed by atoms with E-state index in [0.717, 1.165) is 37.8 Å². The van der Waals surface area contributed by atoms with Gasteiger partial charge in [0.1, 0.15) is 0 Å². The summed E-state index contributed by atoms with van der Waals surface area (Å²) in [7, 11) is 0. The molecule has 0 saturated carbocycles. The number of rotatable bonds is 19. The molecule has 1 nitrogen and oxygen atoms in total. The van der Waals surface area contributed by atoms with E-state index in [1.54, 1.807) is 0 Å². The van der Waals surface area contributed by atoms with Gasteiger partial charge < -0.3 is 4.57 Å². The fourth-order valence-electron chi connectivity index (χ4n) is 8.96. The number of hydrogen-bond donors (Lipinski definition) is 0. The Hall–Kier alpha value is -5.05. The van der Waals surface area contributed by atoms with Crippen molar-refractivity contribution in [1.82, 2.24) is 4.57 Å². The second kappa shape index (κ2) is 28.3. The lowest BCUT2D eigenvalue weighted by Gasteiger charge is -2.19. The van der Waals surface area contributed by atoms with Crippen molar-refractivity contribution in [2.75, 3.05) is 0 Å². The molecule has 0 aliphatic heterocycles. The van der Waals surface area contributed by atoms with Crippen LogP contribution in [-0.2, 0) is 12.0 Å². The van der Waals surface area contributed by atoms with Crippen LogP contribution in [0.1, 0.15) is 176 Å². The molecule has 0 fully saturated rings. The van der Waals surface area contributed by atoms with Crippen molar-refractivity contribution >= 4 is 45.5 Å². The van der Waals surface area contributed by atoms with Gasteiger partial charge >= 0.3 is 0 Å². The predicted octanol–water partition coefficient (Wildman–Crippen LogP) is 20.5. The normalized spacial score (nSPS) is 17.1. The minimum Gasteiger partial charge on any atom is -0.337 e. The number of nitrogens with zero attached hydrogens (tertiary/aromatic N) is 1. The summed E-state index contributed by atoms with van der Waals surface area (Å²) < 4.78 is 2.51. The molecule has 358 valence electrons. The molecule has 2 aliphatic rings. The van der Waals surface area contributed by atoms with Crippen molar-refractivity contribution in [3.8, 4) is 0 Å². The summed E-state index contributed by atoms with van der Waals surface area (Å²) in [5.41, 5.74) is 16.8. The van der Waals surface area contributed by atoms with E-state index in [9.17, 15) is 0 Å². The Bertz CT molecular complexity index is 2490. The van der Waals surface area contributed by atoms with Crippen LogP contribution < -0.4 is 0 Å². The molecule has 3 aromatic rings. The Kier molecular flexibility index (Phi) is 23.8. The number of allylic oxidation sites excluding steroid dienone is 22. The highest BCUT2D eigenvalue weighted by atomic mass is 32.2. The maximum atomic E-state index is 4.29. The predicted molar refractivity (Wildman–Crippen MR) is 309 cm³/mol. The van der Waals surface area contributed by atoms with Crippen LogP contribution in [0.5, 0.6) is 0 Å². The van der Waals surface area contributed by atoms with Gasteiger partial charge in [0.2, 0.25) is 0 Å². The third kappa shape index (κ3) is 14.5. The summed E-state index contributed by atoms with van der Waals surface area (Å²) >= 11 is 2.01. The Labute approximate surface area is 414 Å². The van der Waals surface area contributed by atoms with Gasteiger partial charge in [-0.15, -0.1) is 11.8 Å². The van der Waals surface area contributed by atoms with Crippen LogP contribution in [0.4, 0.5) is 0 Å². The van der Waals surface area contributed by atoms with Gasteiger partial charge in [0.25, 0.3) is 0 Å². The quantitative estimate of drug-likeness (QED) is 0.0857. The molecule has 2 aliphatic carbocycles. The average Bonchev–Trinajstić information content (AvgIpc) is 3.71. The van der Waals surface area contributed by atoms with Crippen molar-refractivity contribution in [2.24, 2.45) is 5.92 Å². The number of thioether (sulfide) groups is 1. The lowest BCUT2D eigenvalue weighted by molar-refractivity contribution is 0.683. The van der Waals surface area contributed by atoms with Crippen molar-refractivity contribution < 1.29 is 0 Å². The monoisotopic (exact) mass is 914 g/mol. The van der Waals surface area contributed by atoms with Crippen LogP contribution in [0.2, 0.25) is 0 Å². The highest BCUT2D eigenvalue weighted by Gasteiger charge is 2.33. The molecule has 0 radical (unpaired) electrons. The highest BCUT2D eigenvalue weighted by molar-refractivity contribution is 8.04. The first-order valence-corrected chi connectivity index (χ1v) is 26.5.